The van der Waals surface area contributed by atoms with Gasteiger partial charge in [0.05, 0.1) is 11.2 Å². The summed E-state index contributed by atoms with van der Waals surface area (Å²) < 4.78 is 17.6. The van der Waals surface area contributed by atoms with Gasteiger partial charge in [-0.25, -0.2) is 9.97 Å². The highest BCUT2D eigenvalue weighted by atomic mass is 16.5. The summed E-state index contributed by atoms with van der Waals surface area (Å²) in [7, 11) is 0. The number of hydrogen-bond donors (Lipinski definition) is 1. The van der Waals surface area contributed by atoms with Gasteiger partial charge in [0.15, 0.2) is 5.58 Å². The van der Waals surface area contributed by atoms with E-state index < -0.39 is 0 Å². The van der Waals surface area contributed by atoms with E-state index in [2.05, 4.69) is 36.7 Å². The number of hydrogen-bond acceptors (Lipinski definition) is 8. The van der Waals surface area contributed by atoms with E-state index in [1.165, 1.54) is 0 Å². The molecule has 0 bridgehead atoms. The molecule has 0 radical (unpaired) electrons. The van der Waals surface area contributed by atoms with Crippen LogP contribution in [0.5, 0.6) is 11.5 Å². The van der Waals surface area contributed by atoms with Gasteiger partial charge in [0.25, 0.3) is 11.7 Å². The Labute approximate surface area is 193 Å². The first-order valence-corrected chi connectivity index (χ1v) is 10.6. The number of nitrogens with one attached hydrogen (secondary N) is 1. The van der Waals surface area contributed by atoms with Gasteiger partial charge in [-0.2, -0.15) is 5.21 Å². The molecule has 0 fully saturated rings. The van der Waals surface area contributed by atoms with Gasteiger partial charge in [0.2, 0.25) is 0 Å². The summed E-state index contributed by atoms with van der Waals surface area (Å²) in [5, 5.41) is 14.8. The number of benzene rings is 3. The van der Waals surface area contributed by atoms with Gasteiger partial charge < -0.3 is 13.9 Å². The summed E-state index contributed by atoms with van der Waals surface area (Å²) in [4.78, 5) is 9.07. The lowest BCUT2D eigenvalue weighted by Gasteiger charge is -2.10. The molecule has 9 heteroatoms. The Bertz CT molecular complexity index is 1580. The Morgan fingerprint density at radius 1 is 0.765 bits per heavy atom. The molecular formula is C25H18N6O3. The number of fused-ring (bicyclic) bond motifs is 2. The van der Waals surface area contributed by atoms with Crippen LogP contribution in [0.2, 0.25) is 0 Å². The quantitative estimate of drug-likeness (QED) is 0.372. The third-order valence-electron chi connectivity index (χ3n) is 5.24. The lowest BCUT2D eigenvalue weighted by Crippen LogP contribution is -1.99. The molecule has 0 aliphatic carbocycles. The standard InChI is InChI=1S/C25H18N6O3/c1-2-7-21-17(4-1)9-10-18(26-21)15-33-20-6-3-5-19(13-20)32-14-16-8-11-23-22(12-16)27-25(34-23)24-28-30-31-29-24/h1-13H,14-15H2,(H,28,29,30,31). The van der Waals surface area contributed by atoms with Crippen molar-refractivity contribution < 1.29 is 13.9 Å². The maximum atomic E-state index is 5.98. The molecule has 34 heavy (non-hydrogen) atoms. The molecule has 3 heterocycles. The third-order valence-corrected chi connectivity index (χ3v) is 5.24. The van der Waals surface area contributed by atoms with Crippen LogP contribution in [0.25, 0.3) is 33.7 Å². The van der Waals surface area contributed by atoms with Crippen molar-refractivity contribution in [2.75, 3.05) is 0 Å². The minimum absolute atomic E-state index is 0.310. The molecule has 6 aromatic rings. The SMILES string of the molecule is c1cc(OCc2ccc3oc(-c4nn[nH]n4)nc3c2)cc(OCc2ccc3ccccc3n2)c1. The molecule has 0 saturated carbocycles. The van der Waals surface area contributed by atoms with Crippen LogP contribution < -0.4 is 9.47 Å². The second-order valence-corrected chi connectivity index (χ2v) is 7.60. The Balaban J connectivity index is 1.11. The maximum absolute atomic E-state index is 5.98. The van der Waals surface area contributed by atoms with E-state index in [1.54, 1.807) is 0 Å². The molecule has 1 N–H and O–H groups in total. The third kappa shape index (κ3) is 4.14. The van der Waals surface area contributed by atoms with E-state index in [-0.39, 0.29) is 0 Å². The fraction of sp³-hybridized carbons (Fsp3) is 0.0800. The highest BCUT2D eigenvalue weighted by Crippen LogP contribution is 2.24. The van der Waals surface area contributed by atoms with Gasteiger partial charge in [-0.05, 0) is 47.2 Å². The van der Waals surface area contributed by atoms with Crippen molar-refractivity contribution in [3.63, 3.8) is 0 Å². The van der Waals surface area contributed by atoms with Crippen LogP contribution in [0.15, 0.2) is 83.3 Å². The van der Waals surface area contributed by atoms with E-state index >= 15 is 0 Å². The summed E-state index contributed by atoms with van der Waals surface area (Å²) in [6.07, 6.45) is 0. The average molecular weight is 450 g/mol. The fourth-order valence-electron chi connectivity index (χ4n) is 3.58. The topological polar surface area (TPSA) is 112 Å². The number of oxazole rings is 1. The molecule has 0 saturated heterocycles. The summed E-state index contributed by atoms with van der Waals surface area (Å²) in [6.45, 7) is 0.746. The van der Waals surface area contributed by atoms with Crippen molar-refractivity contribution in [3.05, 3.63) is 90.1 Å². The smallest absolute Gasteiger partial charge is 0.269 e. The Morgan fingerprint density at radius 3 is 2.53 bits per heavy atom. The molecule has 166 valence electrons. The van der Waals surface area contributed by atoms with E-state index in [1.807, 2.05) is 72.8 Å². The van der Waals surface area contributed by atoms with Crippen LogP contribution in [0.4, 0.5) is 0 Å². The van der Waals surface area contributed by atoms with E-state index in [9.17, 15) is 0 Å². The van der Waals surface area contributed by atoms with Gasteiger partial charge in [0, 0.05) is 11.5 Å². The molecule has 0 spiro atoms. The zero-order valence-electron chi connectivity index (χ0n) is 17.9. The predicted molar refractivity (Wildman–Crippen MR) is 124 cm³/mol. The van der Waals surface area contributed by atoms with Crippen LogP contribution in [-0.2, 0) is 13.2 Å². The first kappa shape index (κ1) is 19.9. The van der Waals surface area contributed by atoms with Crippen LogP contribution in [0.3, 0.4) is 0 Å². The fourth-order valence-corrected chi connectivity index (χ4v) is 3.58. The Kier molecular flexibility index (Phi) is 5.04. The molecule has 6 rings (SSSR count). The zero-order valence-corrected chi connectivity index (χ0v) is 17.9. The average Bonchev–Trinajstić information content (AvgIpc) is 3.56. The van der Waals surface area contributed by atoms with Crippen LogP contribution in [0, 0.1) is 0 Å². The zero-order chi connectivity index (χ0) is 22.7. The molecule has 3 aromatic carbocycles. The monoisotopic (exact) mass is 450 g/mol. The molecule has 0 aliphatic heterocycles. The number of ether oxygens (including phenoxy) is 2. The number of aromatic nitrogens is 6. The van der Waals surface area contributed by atoms with Gasteiger partial charge in [0.1, 0.15) is 30.2 Å². The number of H-pyrrole nitrogens is 1. The van der Waals surface area contributed by atoms with Crippen molar-refractivity contribution in [1.29, 1.82) is 0 Å². The number of aromatic amines is 1. The molecule has 9 nitrogen and oxygen atoms in total. The summed E-state index contributed by atoms with van der Waals surface area (Å²) in [5.41, 5.74) is 4.11. The van der Waals surface area contributed by atoms with Gasteiger partial charge in [-0.3, -0.25) is 0 Å². The molecule has 0 atom stereocenters. The van der Waals surface area contributed by atoms with Crippen molar-refractivity contribution in [1.82, 2.24) is 30.6 Å². The van der Waals surface area contributed by atoms with Crippen molar-refractivity contribution >= 4 is 22.0 Å². The lowest BCUT2D eigenvalue weighted by molar-refractivity contribution is 0.288. The normalized spacial score (nSPS) is 11.2. The Morgan fingerprint density at radius 2 is 1.65 bits per heavy atom. The minimum atomic E-state index is 0.310. The largest absolute Gasteiger partial charge is 0.489 e. The first-order chi connectivity index (χ1) is 16.8. The number of rotatable bonds is 7. The number of para-hydroxylation sites is 1. The van der Waals surface area contributed by atoms with Crippen LogP contribution in [0.1, 0.15) is 11.3 Å². The van der Waals surface area contributed by atoms with Gasteiger partial charge >= 0.3 is 0 Å². The second kappa shape index (κ2) is 8.62. The predicted octanol–water partition coefficient (Wildman–Crippen LogP) is 4.71. The maximum Gasteiger partial charge on any atom is 0.269 e. The van der Waals surface area contributed by atoms with Crippen molar-refractivity contribution in [2.24, 2.45) is 0 Å². The highest BCUT2D eigenvalue weighted by molar-refractivity contribution is 5.78. The van der Waals surface area contributed by atoms with Crippen LogP contribution in [-0.4, -0.2) is 30.6 Å². The van der Waals surface area contributed by atoms with E-state index in [0.717, 1.165) is 22.2 Å². The number of pyridine rings is 1. The summed E-state index contributed by atoms with van der Waals surface area (Å²) in [5.74, 6) is 2.04. The molecule has 3 aromatic heterocycles. The van der Waals surface area contributed by atoms with Gasteiger partial charge in [-0.15, -0.1) is 10.2 Å². The second-order valence-electron chi connectivity index (χ2n) is 7.60. The number of tetrazole rings is 1. The van der Waals surface area contributed by atoms with Crippen LogP contribution >= 0.6 is 0 Å². The lowest BCUT2D eigenvalue weighted by atomic mass is 10.2. The van der Waals surface area contributed by atoms with Gasteiger partial charge in [-0.1, -0.05) is 36.4 Å². The first-order valence-electron chi connectivity index (χ1n) is 10.6. The van der Waals surface area contributed by atoms with Crippen molar-refractivity contribution in [2.45, 2.75) is 13.2 Å². The summed E-state index contributed by atoms with van der Waals surface area (Å²) >= 11 is 0. The Hall–Kier alpha value is -4.79. The van der Waals surface area contributed by atoms with E-state index in [4.69, 9.17) is 13.9 Å². The molecule has 0 unspecified atom stereocenters. The summed E-state index contributed by atoms with van der Waals surface area (Å²) in [6, 6.07) is 25.3. The van der Waals surface area contributed by atoms with Crippen molar-refractivity contribution in [3.8, 4) is 23.2 Å². The van der Waals surface area contributed by atoms with E-state index in [0.29, 0.717) is 47.5 Å². The minimum Gasteiger partial charge on any atom is -0.489 e. The molecule has 0 amide bonds. The molecular weight excluding hydrogens is 432 g/mol. The molecule has 0 aliphatic rings. The highest BCUT2D eigenvalue weighted by Gasteiger charge is 2.12. The number of nitrogens with zero attached hydrogens (tertiary/aromatic N) is 5.